The molecule has 0 aliphatic carbocycles. The first kappa shape index (κ1) is 11.8. The standard InChI is InChI=1S/C11H18N2O2/c1-8(2)4-5-13-9(3)6-10(14)12-7-11(13)15/h4,9H,5-7H2,1-3H3,(H,12,14). The first-order valence-electron chi connectivity index (χ1n) is 5.20. The van der Waals surface area contributed by atoms with Crippen LogP contribution >= 0.6 is 0 Å². The maximum atomic E-state index is 11.7. The number of nitrogens with one attached hydrogen (secondary N) is 1. The van der Waals surface area contributed by atoms with Crippen molar-refractivity contribution in [3.8, 4) is 0 Å². The summed E-state index contributed by atoms with van der Waals surface area (Å²) in [6, 6.07) is -0.0180. The van der Waals surface area contributed by atoms with Crippen LogP contribution in [0.25, 0.3) is 0 Å². The molecule has 4 heteroatoms. The number of hydrogen-bond donors (Lipinski definition) is 1. The Morgan fingerprint density at radius 1 is 1.53 bits per heavy atom. The Morgan fingerprint density at radius 2 is 2.20 bits per heavy atom. The van der Waals surface area contributed by atoms with E-state index in [2.05, 4.69) is 5.32 Å². The molecule has 0 aromatic heterocycles. The summed E-state index contributed by atoms with van der Waals surface area (Å²) >= 11 is 0. The molecule has 1 aliphatic rings. The van der Waals surface area contributed by atoms with Crippen molar-refractivity contribution in [1.82, 2.24) is 10.2 Å². The van der Waals surface area contributed by atoms with Crippen molar-refractivity contribution in [2.75, 3.05) is 13.1 Å². The SMILES string of the molecule is CC(C)=CCN1C(=O)CNC(=O)CC1C. The molecule has 1 saturated heterocycles. The average molecular weight is 210 g/mol. The third kappa shape index (κ3) is 3.38. The van der Waals surface area contributed by atoms with Gasteiger partial charge in [0.2, 0.25) is 11.8 Å². The van der Waals surface area contributed by atoms with E-state index in [4.69, 9.17) is 0 Å². The molecule has 2 amide bonds. The van der Waals surface area contributed by atoms with Crippen LogP contribution in [0.1, 0.15) is 27.2 Å². The predicted octanol–water partition coefficient (Wildman–Crippen LogP) is 0.690. The van der Waals surface area contributed by atoms with Crippen LogP contribution in [0.3, 0.4) is 0 Å². The van der Waals surface area contributed by atoms with Gasteiger partial charge in [-0.3, -0.25) is 9.59 Å². The molecule has 1 heterocycles. The van der Waals surface area contributed by atoms with Crippen LogP contribution in [-0.2, 0) is 9.59 Å². The normalized spacial score (nSPS) is 22.1. The maximum absolute atomic E-state index is 11.7. The third-order valence-corrected chi connectivity index (χ3v) is 2.47. The summed E-state index contributed by atoms with van der Waals surface area (Å²) in [6.07, 6.45) is 2.40. The van der Waals surface area contributed by atoms with E-state index in [1.807, 2.05) is 26.8 Å². The lowest BCUT2D eigenvalue weighted by molar-refractivity contribution is -0.130. The molecule has 0 spiro atoms. The summed E-state index contributed by atoms with van der Waals surface area (Å²) in [7, 11) is 0. The van der Waals surface area contributed by atoms with Crippen molar-refractivity contribution in [3.05, 3.63) is 11.6 Å². The number of carbonyl (C=O) groups excluding carboxylic acids is 2. The van der Waals surface area contributed by atoms with Crippen molar-refractivity contribution in [2.24, 2.45) is 0 Å². The van der Waals surface area contributed by atoms with Crippen molar-refractivity contribution >= 4 is 11.8 Å². The second kappa shape index (κ2) is 4.96. The van der Waals surface area contributed by atoms with Crippen LogP contribution in [0, 0.1) is 0 Å². The quantitative estimate of drug-likeness (QED) is 0.682. The second-order valence-electron chi connectivity index (χ2n) is 4.16. The van der Waals surface area contributed by atoms with E-state index < -0.39 is 0 Å². The van der Waals surface area contributed by atoms with Gasteiger partial charge in [0.05, 0.1) is 6.54 Å². The van der Waals surface area contributed by atoms with Gasteiger partial charge in [0, 0.05) is 19.0 Å². The summed E-state index contributed by atoms with van der Waals surface area (Å²) in [5.74, 6) is -0.0543. The van der Waals surface area contributed by atoms with Crippen LogP contribution in [0.5, 0.6) is 0 Å². The van der Waals surface area contributed by atoms with Crippen LogP contribution in [0.15, 0.2) is 11.6 Å². The van der Waals surface area contributed by atoms with Crippen LogP contribution in [0.2, 0.25) is 0 Å². The maximum Gasteiger partial charge on any atom is 0.242 e. The lowest BCUT2D eigenvalue weighted by Crippen LogP contribution is -2.39. The van der Waals surface area contributed by atoms with Crippen LogP contribution in [-0.4, -0.2) is 35.8 Å². The first-order chi connectivity index (χ1) is 7.00. The molecule has 15 heavy (non-hydrogen) atoms. The van der Waals surface area contributed by atoms with Gasteiger partial charge in [0.25, 0.3) is 0 Å². The number of allylic oxidation sites excluding steroid dienone is 1. The average Bonchev–Trinajstić information content (AvgIpc) is 2.24. The summed E-state index contributed by atoms with van der Waals surface area (Å²) in [4.78, 5) is 24.6. The summed E-state index contributed by atoms with van der Waals surface area (Å²) in [5.41, 5.74) is 1.18. The van der Waals surface area contributed by atoms with Gasteiger partial charge in [-0.2, -0.15) is 0 Å². The highest BCUT2D eigenvalue weighted by Crippen LogP contribution is 2.08. The molecule has 0 bridgehead atoms. The third-order valence-electron chi connectivity index (χ3n) is 2.47. The van der Waals surface area contributed by atoms with Gasteiger partial charge in [0.1, 0.15) is 0 Å². The van der Waals surface area contributed by atoms with Crippen molar-refractivity contribution in [3.63, 3.8) is 0 Å². The zero-order valence-electron chi connectivity index (χ0n) is 9.54. The van der Waals surface area contributed by atoms with Crippen molar-refractivity contribution < 1.29 is 9.59 Å². The lowest BCUT2D eigenvalue weighted by atomic mass is 10.2. The highest BCUT2D eigenvalue weighted by Gasteiger charge is 2.25. The number of amides is 2. The summed E-state index contributed by atoms with van der Waals surface area (Å²) in [6.45, 7) is 6.62. The Kier molecular flexibility index (Phi) is 3.88. The first-order valence-corrected chi connectivity index (χ1v) is 5.20. The molecular weight excluding hydrogens is 192 g/mol. The van der Waals surface area contributed by atoms with Gasteiger partial charge in [-0.25, -0.2) is 0 Å². The predicted molar refractivity (Wildman–Crippen MR) is 58.2 cm³/mol. The van der Waals surface area contributed by atoms with Gasteiger partial charge in [-0.15, -0.1) is 0 Å². The largest absolute Gasteiger partial charge is 0.347 e. The molecule has 1 unspecified atom stereocenters. The second-order valence-corrected chi connectivity index (χ2v) is 4.16. The number of nitrogens with zero attached hydrogens (tertiary/aromatic N) is 1. The van der Waals surface area contributed by atoms with E-state index in [-0.39, 0.29) is 24.4 Å². The molecule has 0 radical (unpaired) electrons. The molecule has 84 valence electrons. The fourth-order valence-electron chi connectivity index (χ4n) is 1.53. The number of hydrogen-bond acceptors (Lipinski definition) is 2. The van der Waals surface area contributed by atoms with Crippen molar-refractivity contribution in [1.29, 1.82) is 0 Å². The molecule has 0 aromatic rings. The van der Waals surface area contributed by atoms with Gasteiger partial charge in [-0.1, -0.05) is 11.6 Å². The fraction of sp³-hybridized carbons (Fsp3) is 0.636. The molecule has 1 rings (SSSR count). The smallest absolute Gasteiger partial charge is 0.242 e. The van der Waals surface area contributed by atoms with Gasteiger partial charge in [-0.05, 0) is 20.8 Å². The minimum absolute atomic E-state index is 0.00847. The highest BCUT2D eigenvalue weighted by atomic mass is 16.2. The Morgan fingerprint density at radius 3 is 2.80 bits per heavy atom. The van der Waals surface area contributed by atoms with E-state index in [9.17, 15) is 9.59 Å². The monoisotopic (exact) mass is 210 g/mol. The lowest BCUT2D eigenvalue weighted by Gasteiger charge is -2.25. The van der Waals surface area contributed by atoms with E-state index in [1.165, 1.54) is 5.57 Å². The van der Waals surface area contributed by atoms with Crippen molar-refractivity contribution in [2.45, 2.75) is 33.2 Å². The number of rotatable bonds is 2. The Labute approximate surface area is 90.3 Å². The van der Waals surface area contributed by atoms with Gasteiger partial charge >= 0.3 is 0 Å². The van der Waals surface area contributed by atoms with E-state index >= 15 is 0 Å². The van der Waals surface area contributed by atoms with E-state index in [0.29, 0.717) is 13.0 Å². The van der Waals surface area contributed by atoms with Gasteiger partial charge in [0.15, 0.2) is 0 Å². The molecular formula is C11H18N2O2. The summed E-state index contributed by atoms with van der Waals surface area (Å²) < 4.78 is 0. The summed E-state index contributed by atoms with van der Waals surface area (Å²) in [5, 5.41) is 2.59. The topological polar surface area (TPSA) is 49.4 Å². The Hall–Kier alpha value is -1.32. The highest BCUT2D eigenvalue weighted by molar-refractivity contribution is 5.87. The molecule has 4 nitrogen and oxygen atoms in total. The molecule has 1 aliphatic heterocycles. The minimum atomic E-state index is -0.0458. The number of carbonyl (C=O) groups is 2. The van der Waals surface area contributed by atoms with E-state index in [0.717, 1.165) is 0 Å². The minimum Gasteiger partial charge on any atom is -0.347 e. The van der Waals surface area contributed by atoms with Crippen LogP contribution in [0.4, 0.5) is 0 Å². The molecule has 1 atom stereocenters. The molecule has 0 aromatic carbocycles. The van der Waals surface area contributed by atoms with Crippen LogP contribution < -0.4 is 5.32 Å². The Bertz CT molecular complexity index is 293. The zero-order valence-corrected chi connectivity index (χ0v) is 9.54. The molecule has 1 N–H and O–H groups in total. The molecule has 0 saturated carbocycles. The van der Waals surface area contributed by atoms with E-state index in [1.54, 1.807) is 4.90 Å². The fourth-order valence-corrected chi connectivity index (χ4v) is 1.53. The van der Waals surface area contributed by atoms with Gasteiger partial charge < -0.3 is 10.2 Å². The zero-order chi connectivity index (χ0) is 11.4. The molecule has 1 fully saturated rings. The Balaban J connectivity index is 2.70.